The Hall–Kier alpha value is -2.50. The number of rotatable bonds is 3. The molecule has 0 bridgehead atoms. The van der Waals surface area contributed by atoms with Gasteiger partial charge in [0, 0.05) is 0 Å². The lowest BCUT2D eigenvalue weighted by Crippen LogP contribution is -2.35. The number of fused-ring (bicyclic) bond motifs is 1. The minimum atomic E-state index is -1.23. The van der Waals surface area contributed by atoms with Crippen LogP contribution in [-0.4, -0.2) is 60.7 Å². The zero-order chi connectivity index (χ0) is 15.9. The zero-order valence-electron chi connectivity index (χ0n) is 11.3. The van der Waals surface area contributed by atoms with Crippen molar-refractivity contribution in [1.29, 1.82) is 5.41 Å². The summed E-state index contributed by atoms with van der Waals surface area (Å²) in [4.78, 5) is 12.0. The van der Waals surface area contributed by atoms with Crippen molar-refractivity contribution in [1.82, 2.24) is 19.5 Å². The first-order valence-electron chi connectivity index (χ1n) is 6.40. The highest BCUT2D eigenvalue weighted by molar-refractivity contribution is 5.81. The van der Waals surface area contributed by atoms with Gasteiger partial charge in [-0.25, -0.2) is 15.0 Å². The number of nitrogen functional groups attached to an aromatic ring is 1. The average molecular weight is 309 g/mol. The van der Waals surface area contributed by atoms with Crippen molar-refractivity contribution in [2.24, 2.45) is 5.73 Å². The van der Waals surface area contributed by atoms with Crippen LogP contribution in [0, 0.1) is 5.41 Å². The number of aliphatic hydroxyl groups excluding tert-OH is 2. The van der Waals surface area contributed by atoms with Crippen LogP contribution in [0.3, 0.4) is 0 Å². The summed E-state index contributed by atoms with van der Waals surface area (Å²) in [7, 11) is 0. The maximum absolute atomic E-state index is 10.2. The SMILES string of the molecule is N=C(N)OC[C@H]1O[C@@H](n2cnc3c(N)ncnc32)[C@H](O)[C@@H]1O. The van der Waals surface area contributed by atoms with E-state index >= 15 is 0 Å². The first kappa shape index (κ1) is 14.4. The Labute approximate surface area is 124 Å². The summed E-state index contributed by atoms with van der Waals surface area (Å²) < 4.78 is 11.8. The van der Waals surface area contributed by atoms with Gasteiger partial charge >= 0.3 is 0 Å². The van der Waals surface area contributed by atoms with E-state index in [9.17, 15) is 10.2 Å². The molecule has 11 nitrogen and oxygen atoms in total. The number of hydrogen-bond acceptors (Lipinski definition) is 9. The Morgan fingerprint density at radius 2 is 2.14 bits per heavy atom. The van der Waals surface area contributed by atoms with E-state index in [1.54, 1.807) is 0 Å². The summed E-state index contributed by atoms with van der Waals surface area (Å²) in [5.74, 6) is 0.202. The minimum absolute atomic E-state index is 0.159. The van der Waals surface area contributed by atoms with Crippen molar-refractivity contribution in [3.8, 4) is 0 Å². The number of nitrogens with zero attached hydrogens (tertiary/aromatic N) is 4. The molecule has 118 valence electrons. The maximum atomic E-state index is 10.2. The third-order valence-electron chi connectivity index (χ3n) is 3.40. The van der Waals surface area contributed by atoms with Crippen LogP contribution in [0.4, 0.5) is 5.82 Å². The molecular formula is C11H15N7O4. The Kier molecular flexibility index (Phi) is 3.52. The third-order valence-corrected chi connectivity index (χ3v) is 3.40. The Balaban J connectivity index is 1.87. The molecule has 0 saturated carbocycles. The zero-order valence-corrected chi connectivity index (χ0v) is 11.3. The summed E-state index contributed by atoms with van der Waals surface area (Å²) in [5, 5.41) is 27.2. The quantitative estimate of drug-likeness (QED) is 0.315. The van der Waals surface area contributed by atoms with Crippen molar-refractivity contribution in [3.05, 3.63) is 12.7 Å². The lowest BCUT2D eigenvalue weighted by Gasteiger charge is -2.16. The van der Waals surface area contributed by atoms with Crippen molar-refractivity contribution in [3.63, 3.8) is 0 Å². The fourth-order valence-corrected chi connectivity index (χ4v) is 2.32. The van der Waals surface area contributed by atoms with E-state index in [1.165, 1.54) is 17.2 Å². The molecule has 0 amide bonds. The van der Waals surface area contributed by atoms with Gasteiger partial charge in [0.25, 0.3) is 6.02 Å². The molecule has 0 aromatic carbocycles. The smallest absolute Gasteiger partial charge is 0.279 e. The first-order chi connectivity index (χ1) is 10.5. The van der Waals surface area contributed by atoms with E-state index in [2.05, 4.69) is 15.0 Å². The molecule has 11 heteroatoms. The van der Waals surface area contributed by atoms with Crippen molar-refractivity contribution >= 4 is 23.0 Å². The number of imidazole rings is 1. The molecule has 0 radical (unpaired) electrons. The lowest BCUT2D eigenvalue weighted by molar-refractivity contribution is -0.0493. The van der Waals surface area contributed by atoms with Crippen molar-refractivity contribution in [2.45, 2.75) is 24.5 Å². The van der Waals surface area contributed by atoms with Crippen LogP contribution in [0.5, 0.6) is 0 Å². The maximum Gasteiger partial charge on any atom is 0.279 e. The van der Waals surface area contributed by atoms with Crippen LogP contribution in [0.25, 0.3) is 11.2 Å². The minimum Gasteiger partial charge on any atom is -0.463 e. The summed E-state index contributed by atoms with van der Waals surface area (Å²) in [6.45, 7) is -0.159. The van der Waals surface area contributed by atoms with Crippen LogP contribution in [0.15, 0.2) is 12.7 Å². The molecule has 22 heavy (non-hydrogen) atoms. The molecule has 0 aliphatic carbocycles. The molecule has 3 heterocycles. The molecule has 7 N–H and O–H groups in total. The number of anilines is 1. The molecule has 1 aliphatic rings. The normalized spacial score (nSPS) is 28.1. The number of amidine groups is 1. The number of ether oxygens (including phenoxy) is 2. The fourth-order valence-electron chi connectivity index (χ4n) is 2.32. The standard InChI is InChI=1S/C11H15N7O4/c12-8-5-9(16-2-15-8)18(3-17-5)10-7(20)6(19)4(22-10)1-21-11(13)14/h2-4,6-7,10,19-20H,1H2,(H3,13,14)(H2,12,15,16)/t4-,6-,7-,10-/m1/s1. The monoisotopic (exact) mass is 309 g/mol. The highest BCUT2D eigenvalue weighted by Gasteiger charge is 2.44. The van der Waals surface area contributed by atoms with E-state index in [-0.39, 0.29) is 12.4 Å². The van der Waals surface area contributed by atoms with Gasteiger partial charge in [0.05, 0.1) is 6.33 Å². The number of aliphatic hydroxyl groups is 2. The van der Waals surface area contributed by atoms with Crippen LogP contribution in [0.2, 0.25) is 0 Å². The molecule has 1 aliphatic heterocycles. The molecule has 3 rings (SSSR count). The second-order valence-electron chi connectivity index (χ2n) is 4.80. The Morgan fingerprint density at radius 3 is 2.86 bits per heavy atom. The highest BCUT2D eigenvalue weighted by Crippen LogP contribution is 2.31. The van der Waals surface area contributed by atoms with E-state index in [0.717, 1.165) is 0 Å². The molecule has 2 aromatic heterocycles. The van der Waals surface area contributed by atoms with Gasteiger partial charge in [-0.3, -0.25) is 9.98 Å². The molecule has 1 saturated heterocycles. The Bertz CT molecular complexity index is 705. The molecule has 1 fully saturated rings. The number of nitrogens with two attached hydrogens (primary N) is 2. The Morgan fingerprint density at radius 1 is 1.36 bits per heavy atom. The van der Waals surface area contributed by atoms with Gasteiger partial charge in [-0.15, -0.1) is 0 Å². The fraction of sp³-hybridized carbons (Fsp3) is 0.455. The van der Waals surface area contributed by atoms with Crippen LogP contribution < -0.4 is 11.5 Å². The molecular weight excluding hydrogens is 294 g/mol. The van der Waals surface area contributed by atoms with E-state index in [4.69, 9.17) is 26.4 Å². The van der Waals surface area contributed by atoms with Crippen LogP contribution >= 0.6 is 0 Å². The summed E-state index contributed by atoms with van der Waals surface area (Å²) in [5.41, 5.74) is 11.5. The summed E-state index contributed by atoms with van der Waals surface area (Å²) >= 11 is 0. The van der Waals surface area contributed by atoms with Crippen molar-refractivity contribution in [2.75, 3.05) is 12.3 Å². The number of nitrogens with one attached hydrogen (secondary N) is 1. The third kappa shape index (κ3) is 2.30. The predicted molar refractivity (Wildman–Crippen MR) is 73.5 cm³/mol. The largest absolute Gasteiger partial charge is 0.463 e. The van der Waals surface area contributed by atoms with Gasteiger partial charge < -0.3 is 31.2 Å². The van der Waals surface area contributed by atoms with E-state index in [0.29, 0.717) is 11.2 Å². The summed E-state index contributed by atoms with van der Waals surface area (Å²) in [6.07, 6.45) is -1.54. The van der Waals surface area contributed by atoms with Gasteiger partial charge in [0.1, 0.15) is 36.8 Å². The highest BCUT2D eigenvalue weighted by atomic mass is 16.6. The lowest BCUT2D eigenvalue weighted by atomic mass is 10.1. The van der Waals surface area contributed by atoms with E-state index in [1.807, 2.05) is 0 Å². The second kappa shape index (κ2) is 5.36. The number of hydrogen-bond donors (Lipinski definition) is 5. The van der Waals surface area contributed by atoms with Gasteiger partial charge in [-0.1, -0.05) is 0 Å². The molecule has 2 aromatic rings. The van der Waals surface area contributed by atoms with Crippen LogP contribution in [0.1, 0.15) is 6.23 Å². The van der Waals surface area contributed by atoms with Gasteiger partial charge in [-0.05, 0) is 0 Å². The van der Waals surface area contributed by atoms with E-state index < -0.39 is 30.6 Å². The van der Waals surface area contributed by atoms with Gasteiger partial charge in [0.15, 0.2) is 17.7 Å². The molecule has 0 spiro atoms. The van der Waals surface area contributed by atoms with Gasteiger partial charge in [0.2, 0.25) is 0 Å². The first-order valence-corrected chi connectivity index (χ1v) is 6.40. The topological polar surface area (TPSA) is 178 Å². The van der Waals surface area contributed by atoms with Crippen molar-refractivity contribution < 1.29 is 19.7 Å². The second-order valence-corrected chi connectivity index (χ2v) is 4.80. The van der Waals surface area contributed by atoms with Gasteiger partial charge in [-0.2, -0.15) is 0 Å². The number of aromatic nitrogens is 4. The molecule has 0 unspecified atom stereocenters. The van der Waals surface area contributed by atoms with Crippen LogP contribution in [-0.2, 0) is 9.47 Å². The predicted octanol–water partition coefficient (Wildman–Crippen LogP) is -2.06. The summed E-state index contributed by atoms with van der Waals surface area (Å²) in [6, 6.07) is -0.498. The average Bonchev–Trinajstić information content (AvgIpc) is 3.01. The molecule has 4 atom stereocenters.